The maximum atomic E-state index is 13.9. The summed E-state index contributed by atoms with van der Waals surface area (Å²) in [6.45, 7) is 8.03. The lowest BCUT2D eigenvalue weighted by Gasteiger charge is -2.47. The van der Waals surface area contributed by atoms with E-state index in [4.69, 9.17) is 14.2 Å². The third kappa shape index (κ3) is 4.90. The number of rotatable bonds is 11. The van der Waals surface area contributed by atoms with Crippen molar-refractivity contribution in [1.29, 1.82) is 0 Å². The third-order valence-electron chi connectivity index (χ3n) is 7.43. The van der Waals surface area contributed by atoms with E-state index >= 15 is 0 Å². The van der Waals surface area contributed by atoms with Crippen molar-refractivity contribution in [3.8, 4) is 5.75 Å². The fraction of sp³-hybridized carbons (Fsp3) is 0.467. The predicted octanol–water partition coefficient (Wildman–Crippen LogP) is 4.43. The van der Waals surface area contributed by atoms with E-state index in [0.29, 0.717) is 45.6 Å². The molecule has 8 nitrogen and oxygen atoms in total. The van der Waals surface area contributed by atoms with Gasteiger partial charge in [-0.05, 0) is 44.9 Å². The molecule has 1 fully saturated rings. The van der Waals surface area contributed by atoms with Gasteiger partial charge < -0.3 is 29.0 Å². The van der Waals surface area contributed by atoms with Crippen LogP contribution in [0.5, 0.6) is 5.75 Å². The zero-order valence-electron chi connectivity index (χ0n) is 22.4. The normalized spacial score (nSPS) is 19.3. The number of nitrogens with one attached hydrogen (secondary N) is 1. The van der Waals surface area contributed by atoms with E-state index in [1.807, 2.05) is 63.2 Å². The molecule has 3 heterocycles. The highest BCUT2D eigenvalue weighted by Gasteiger charge is 2.48. The molecule has 0 saturated carbocycles. The summed E-state index contributed by atoms with van der Waals surface area (Å²) in [5.41, 5.74) is 3.94. The Labute approximate surface area is 223 Å². The predicted molar refractivity (Wildman–Crippen MR) is 145 cm³/mol. The van der Waals surface area contributed by atoms with Crippen LogP contribution in [-0.2, 0) is 25.5 Å². The molecular formula is C30H37N3O5. The summed E-state index contributed by atoms with van der Waals surface area (Å²) in [4.78, 5) is 34.8. The largest absolute Gasteiger partial charge is 0.494 e. The summed E-state index contributed by atoms with van der Waals surface area (Å²) in [5, 5.41) is 1.09. The number of nitrogens with zero attached hydrogens (tertiary/aromatic N) is 2. The summed E-state index contributed by atoms with van der Waals surface area (Å²) < 4.78 is 17.3. The Morgan fingerprint density at radius 1 is 0.974 bits per heavy atom. The van der Waals surface area contributed by atoms with E-state index in [1.165, 1.54) is 0 Å². The van der Waals surface area contributed by atoms with Gasteiger partial charge in [0.25, 0.3) is 0 Å². The number of carbonyl (C=O) groups excluding carboxylic acids is 2. The molecule has 0 bridgehead atoms. The minimum absolute atomic E-state index is 0.0104. The first-order chi connectivity index (χ1) is 18.6. The number of para-hydroxylation sites is 2. The van der Waals surface area contributed by atoms with Gasteiger partial charge in [0.05, 0.1) is 13.2 Å². The van der Waals surface area contributed by atoms with Crippen LogP contribution in [0.15, 0.2) is 48.5 Å². The number of piperazine rings is 1. The van der Waals surface area contributed by atoms with Crippen molar-refractivity contribution in [2.45, 2.75) is 58.4 Å². The summed E-state index contributed by atoms with van der Waals surface area (Å²) in [6.07, 6.45) is 1.56. The van der Waals surface area contributed by atoms with E-state index in [2.05, 4.69) is 11.1 Å². The standard InChI is InChI=1S/C30H37N3O5/c1-4-36-25-15-10-8-13-21(25)29-28-22(20-12-7-9-14-23(20)31-28)18-24-30(35)32(19-26(34)33(24)29)17-11-16-27(37-5-2)38-6-3/h7-10,12-15,24,27,29,31H,4-6,11,16-19H2,1-3H3. The van der Waals surface area contributed by atoms with Crippen molar-refractivity contribution in [2.75, 3.05) is 32.9 Å². The number of hydrogen-bond acceptors (Lipinski definition) is 5. The Morgan fingerprint density at radius 3 is 2.47 bits per heavy atom. The maximum absolute atomic E-state index is 13.9. The molecule has 5 rings (SSSR count). The molecule has 8 heteroatoms. The van der Waals surface area contributed by atoms with Gasteiger partial charge in [0, 0.05) is 54.8 Å². The van der Waals surface area contributed by atoms with Crippen LogP contribution in [0.25, 0.3) is 10.9 Å². The summed E-state index contributed by atoms with van der Waals surface area (Å²) in [7, 11) is 0. The van der Waals surface area contributed by atoms with Crippen LogP contribution in [0.3, 0.4) is 0 Å². The van der Waals surface area contributed by atoms with Gasteiger partial charge in [-0.15, -0.1) is 0 Å². The number of hydrogen-bond donors (Lipinski definition) is 1. The van der Waals surface area contributed by atoms with E-state index in [1.54, 1.807) is 9.80 Å². The molecule has 1 N–H and O–H groups in total. The number of fused-ring (bicyclic) bond motifs is 4. The SMILES string of the molecule is CCOc1ccccc1C1c2[nH]c3ccccc3c2CC2C(=O)N(CCCC(OCC)OCC)CC(=O)N21. The second-order valence-electron chi connectivity index (χ2n) is 9.70. The highest BCUT2D eigenvalue weighted by Crippen LogP contribution is 2.44. The van der Waals surface area contributed by atoms with Crippen molar-refractivity contribution in [2.24, 2.45) is 0 Å². The minimum atomic E-state index is -0.572. The molecule has 2 amide bonds. The van der Waals surface area contributed by atoms with Crippen molar-refractivity contribution in [3.63, 3.8) is 0 Å². The van der Waals surface area contributed by atoms with Crippen LogP contribution >= 0.6 is 0 Å². The number of aromatic nitrogens is 1. The molecule has 0 spiro atoms. The highest BCUT2D eigenvalue weighted by atomic mass is 16.7. The lowest BCUT2D eigenvalue weighted by Crippen LogP contribution is -2.63. The number of carbonyl (C=O) groups is 2. The van der Waals surface area contributed by atoms with Crippen LogP contribution in [0.2, 0.25) is 0 Å². The van der Waals surface area contributed by atoms with E-state index in [0.717, 1.165) is 33.5 Å². The fourth-order valence-corrected chi connectivity index (χ4v) is 5.87. The first-order valence-corrected chi connectivity index (χ1v) is 13.7. The summed E-state index contributed by atoms with van der Waals surface area (Å²) >= 11 is 0. The molecule has 202 valence electrons. The van der Waals surface area contributed by atoms with Crippen molar-refractivity contribution in [3.05, 3.63) is 65.4 Å². The molecule has 2 aromatic carbocycles. The van der Waals surface area contributed by atoms with E-state index in [-0.39, 0.29) is 24.6 Å². The lowest BCUT2D eigenvalue weighted by atomic mass is 9.86. The van der Waals surface area contributed by atoms with Gasteiger partial charge in [0.1, 0.15) is 17.8 Å². The molecule has 1 saturated heterocycles. The Balaban J connectivity index is 1.48. The van der Waals surface area contributed by atoms with Gasteiger partial charge in [-0.2, -0.15) is 0 Å². The van der Waals surface area contributed by atoms with Crippen LogP contribution < -0.4 is 4.74 Å². The Morgan fingerprint density at radius 2 is 1.71 bits per heavy atom. The molecule has 1 aromatic heterocycles. The van der Waals surface area contributed by atoms with Crippen LogP contribution in [-0.4, -0.2) is 71.8 Å². The monoisotopic (exact) mass is 519 g/mol. The second kappa shape index (κ2) is 11.6. The first-order valence-electron chi connectivity index (χ1n) is 13.7. The molecular weight excluding hydrogens is 482 g/mol. The van der Waals surface area contributed by atoms with Gasteiger partial charge in [-0.25, -0.2) is 0 Å². The Kier molecular flexibility index (Phi) is 8.00. The highest BCUT2D eigenvalue weighted by molar-refractivity contribution is 5.97. The number of amides is 2. The third-order valence-corrected chi connectivity index (χ3v) is 7.43. The van der Waals surface area contributed by atoms with E-state index in [9.17, 15) is 9.59 Å². The van der Waals surface area contributed by atoms with Gasteiger partial charge >= 0.3 is 0 Å². The second-order valence-corrected chi connectivity index (χ2v) is 9.70. The maximum Gasteiger partial charge on any atom is 0.246 e. The summed E-state index contributed by atoms with van der Waals surface area (Å²) in [6, 6.07) is 15.0. The van der Waals surface area contributed by atoms with Crippen molar-refractivity contribution in [1.82, 2.24) is 14.8 Å². The van der Waals surface area contributed by atoms with Gasteiger partial charge in [0.15, 0.2) is 6.29 Å². The molecule has 2 aliphatic heterocycles. The van der Waals surface area contributed by atoms with Gasteiger partial charge in [-0.3, -0.25) is 9.59 Å². The molecule has 2 atom stereocenters. The summed E-state index contributed by atoms with van der Waals surface area (Å²) in [5.74, 6) is 0.663. The first kappa shape index (κ1) is 26.3. The fourth-order valence-electron chi connectivity index (χ4n) is 5.87. The van der Waals surface area contributed by atoms with Crippen molar-refractivity contribution < 1.29 is 23.8 Å². The van der Waals surface area contributed by atoms with Crippen LogP contribution in [0.4, 0.5) is 0 Å². The number of aromatic amines is 1. The van der Waals surface area contributed by atoms with Gasteiger partial charge in [-0.1, -0.05) is 36.4 Å². The molecule has 0 aliphatic carbocycles. The topological polar surface area (TPSA) is 84.1 Å². The average molecular weight is 520 g/mol. The molecule has 38 heavy (non-hydrogen) atoms. The lowest BCUT2D eigenvalue weighted by molar-refractivity contribution is -0.159. The van der Waals surface area contributed by atoms with Crippen molar-refractivity contribution >= 4 is 22.7 Å². The Bertz CT molecular complexity index is 1280. The Hall–Kier alpha value is -3.36. The van der Waals surface area contributed by atoms with Crippen LogP contribution in [0.1, 0.15) is 56.5 Å². The minimum Gasteiger partial charge on any atom is -0.494 e. The molecule has 2 aliphatic rings. The number of benzene rings is 2. The number of H-pyrrole nitrogens is 1. The number of ether oxygens (including phenoxy) is 3. The zero-order chi connectivity index (χ0) is 26.6. The molecule has 2 unspecified atom stereocenters. The zero-order valence-corrected chi connectivity index (χ0v) is 22.4. The molecule has 0 radical (unpaired) electrons. The van der Waals surface area contributed by atoms with E-state index < -0.39 is 12.1 Å². The van der Waals surface area contributed by atoms with Gasteiger partial charge in [0.2, 0.25) is 11.8 Å². The molecule has 3 aromatic rings. The van der Waals surface area contributed by atoms with Crippen LogP contribution in [0, 0.1) is 0 Å². The smallest absolute Gasteiger partial charge is 0.246 e. The average Bonchev–Trinajstić information content (AvgIpc) is 3.29. The quantitative estimate of drug-likeness (QED) is 0.379.